The maximum atomic E-state index is 12.7. The molecule has 0 spiro atoms. The Labute approximate surface area is 101 Å². The first-order chi connectivity index (χ1) is 8.46. The molecule has 1 nitrogen and oxygen atoms in total. The summed E-state index contributed by atoms with van der Waals surface area (Å²) < 4.78 is 53.3. The molecule has 0 saturated heterocycles. The van der Waals surface area contributed by atoms with Crippen molar-refractivity contribution in [1.29, 1.82) is 0 Å². The first kappa shape index (κ1) is 12.4. The molecule has 0 fully saturated rings. The SMILES string of the molecule is Fc1[c]cc(-c2ccccc2OC(F)(F)F)cc1. The number of hydrogen-bond donors (Lipinski definition) is 0. The molecule has 0 bridgehead atoms. The van der Waals surface area contributed by atoms with Crippen LogP contribution in [0.15, 0.2) is 42.5 Å². The van der Waals surface area contributed by atoms with Gasteiger partial charge in [-0.05, 0) is 23.8 Å². The zero-order valence-corrected chi connectivity index (χ0v) is 8.96. The molecule has 93 valence electrons. The third-order valence-corrected chi connectivity index (χ3v) is 2.20. The van der Waals surface area contributed by atoms with E-state index < -0.39 is 12.2 Å². The molecular formula is C13H7F4O. The Morgan fingerprint density at radius 3 is 2.33 bits per heavy atom. The van der Waals surface area contributed by atoms with Gasteiger partial charge in [0.1, 0.15) is 11.6 Å². The summed E-state index contributed by atoms with van der Waals surface area (Å²) in [6, 6.07) is 11.7. The fraction of sp³-hybridized carbons (Fsp3) is 0.0769. The minimum Gasteiger partial charge on any atom is -0.405 e. The molecule has 1 radical (unpaired) electrons. The van der Waals surface area contributed by atoms with Gasteiger partial charge in [0.25, 0.3) is 0 Å². The van der Waals surface area contributed by atoms with Crippen molar-refractivity contribution in [1.82, 2.24) is 0 Å². The van der Waals surface area contributed by atoms with E-state index in [9.17, 15) is 17.6 Å². The Bertz CT molecular complexity index is 531. The van der Waals surface area contributed by atoms with Crippen LogP contribution in [0.3, 0.4) is 0 Å². The van der Waals surface area contributed by atoms with Crippen molar-refractivity contribution in [2.24, 2.45) is 0 Å². The van der Waals surface area contributed by atoms with Gasteiger partial charge in [-0.25, -0.2) is 4.39 Å². The molecule has 0 aliphatic rings. The van der Waals surface area contributed by atoms with Crippen LogP contribution in [0.25, 0.3) is 11.1 Å². The van der Waals surface area contributed by atoms with Gasteiger partial charge in [-0.2, -0.15) is 0 Å². The van der Waals surface area contributed by atoms with E-state index in [1.807, 2.05) is 0 Å². The average Bonchev–Trinajstić information content (AvgIpc) is 2.29. The number of rotatable bonds is 2. The molecule has 0 atom stereocenters. The summed E-state index contributed by atoms with van der Waals surface area (Å²) in [5.41, 5.74) is 0.627. The fourth-order valence-corrected chi connectivity index (χ4v) is 1.49. The van der Waals surface area contributed by atoms with Gasteiger partial charge in [-0.15, -0.1) is 13.2 Å². The van der Waals surface area contributed by atoms with Gasteiger partial charge in [0.05, 0.1) is 0 Å². The van der Waals surface area contributed by atoms with Crippen LogP contribution in [0.4, 0.5) is 17.6 Å². The number of alkyl halides is 3. The molecule has 0 aromatic heterocycles. The smallest absolute Gasteiger partial charge is 0.405 e. The van der Waals surface area contributed by atoms with Crippen molar-refractivity contribution >= 4 is 0 Å². The Morgan fingerprint density at radius 2 is 1.72 bits per heavy atom. The van der Waals surface area contributed by atoms with Crippen LogP contribution in [0, 0.1) is 11.9 Å². The Kier molecular flexibility index (Phi) is 3.23. The summed E-state index contributed by atoms with van der Waals surface area (Å²) in [5, 5.41) is 0. The van der Waals surface area contributed by atoms with E-state index in [0.717, 1.165) is 6.07 Å². The molecule has 0 amide bonds. The van der Waals surface area contributed by atoms with Crippen molar-refractivity contribution in [3.63, 3.8) is 0 Å². The lowest BCUT2D eigenvalue weighted by atomic mass is 10.0. The molecule has 18 heavy (non-hydrogen) atoms. The van der Waals surface area contributed by atoms with Gasteiger partial charge in [0.15, 0.2) is 0 Å². The van der Waals surface area contributed by atoms with Crippen LogP contribution in [0.2, 0.25) is 0 Å². The van der Waals surface area contributed by atoms with Crippen LogP contribution in [-0.4, -0.2) is 6.36 Å². The number of benzene rings is 2. The zero-order chi connectivity index (χ0) is 13.2. The highest BCUT2D eigenvalue weighted by Crippen LogP contribution is 2.33. The summed E-state index contributed by atoms with van der Waals surface area (Å²) in [6.45, 7) is 0. The maximum Gasteiger partial charge on any atom is 0.573 e. The standard InChI is InChI=1S/C13H7F4O/c14-10-7-5-9(6-8-10)11-3-1-2-4-12(11)18-13(15,16)17/h1-7H. The predicted molar refractivity (Wildman–Crippen MR) is 57.4 cm³/mol. The van der Waals surface area contributed by atoms with Crippen molar-refractivity contribution < 1.29 is 22.3 Å². The minimum atomic E-state index is -4.76. The van der Waals surface area contributed by atoms with Crippen molar-refractivity contribution in [2.75, 3.05) is 0 Å². The number of hydrogen-bond acceptors (Lipinski definition) is 1. The van der Waals surface area contributed by atoms with E-state index in [2.05, 4.69) is 10.8 Å². The molecule has 0 heterocycles. The molecule has 0 aliphatic heterocycles. The second-order valence-electron chi connectivity index (χ2n) is 3.47. The van der Waals surface area contributed by atoms with Gasteiger partial charge in [-0.1, -0.05) is 24.3 Å². The second kappa shape index (κ2) is 4.68. The Balaban J connectivity index is 2.41. The summed E-state index contributed by atoms with van der Waals surface area (Å²) in [4.78, 5) is 0. The van der Waals surface area contributed by atoms with E-state index in [0.29, 0.717) is 5.56 Å². The van der Waals surface area contributed by atoms with Gasteiger partial charge in [-0.3, -0.25) is 0 Å². The number of ether oxygens (including phenoxy) is 1. The maximum absolute atomic E-state index is 12.7. The molecular weight excluding hydrogens is 248 g/mol. The van der Waals surface area contributed by atoms with Gasteiger partial charge < -0.3 is 4.74 Å². The summed E-state index contributed by atoms with van der Waals surface area (Å²) >= 11 is 0. The second-order valence-corrected chi connectivity index (χ2v) is 3.47. The van der Waals surface area contributed by atoms with Crippen molar-refractivity contribution in [3.05, 3.63) is 54.3 Å². The summed E-state index contributed by atoms with van der Waals surface area (Å²) in [7, 11) is 0. The summed E-state index contributed by atoms with van der Waals surface area (Å²) in [6.07, 6.45) is -4.76. The minimum absolute atomic E-state index is 0.228. The molecule has 0 N–H and O–H groups in total. The monoisotopic (exact) mass is 255 g/mol. The van der Waals surface area contributed by atoms with Crippen molar-refractivity contribution in [2.45, 2.75) is 6.36 Å². The molecule has 2 rings (SSSR count). The Morgan fingerprint density at radius 1 is 1.00 bits per heavy atom. The van der Waals surface area contributed by atoms with Crippen LogP contribution < -0.4 is 4.74 Å². The average molecular weight is 255 g/mol. The third-order valence-electron chi connectivity index (χ3n) is 2.20. The highest BCUT2D eigenvalue weighted by Gasteiger charge is 2.32. The zero-order valence-electron chi connectivity index (χ0n) is 8.96. The first-order valence-electron chi connectivity index (χ1n) is 4.98. The van der Waals surface area contributed by atoms with E-state index >= 15 is 0 Å². The lowest BCUT2D eigenvalue weighted by Crippen LogP contribution is -2.17. The van der Waals surface area contributed by atoms with Crippen LogP contribution >= 0.6 is 0 Å². The highest BCUT2D eigenvalue weighted by atomic mass is 19.4. The Hall–Kier alpha value is -2.04. The predicted octanol–water partition coefficient (Wildman–Crippen LogP) is 4.19. The lowest BCUT2D eigenvalue weighted by Gasteiger charge is -2.13. The molecule has 0 aliphatic carbocycles. The van der Waals surface area contributed by atoms with Gasteiger partial charge >= 0.3 is 6.36 Å². The summed E-state index contributed by atoms with van der Waals surface area (Å²) in [5.74, 6) is -0.905. The lowest BCUT2D eigenvalue weighted by molar-refractivity contribution is -0.274. The van der Waals surface area contributed by atoms with Crippen LogP contribution in [0.5, 0.6) is 5.75 Å². The third kappa shape index (κ3) is 3.00. The van der Waals surface area contributed by atoms with E-state index in [-0.39, 0.29) is 11.3 Å². The highest BCUT2D eigenvalue weighted by molar-refractivity contribution is 5.70. The van der Waals surface area contributed by atoms with E-state index in [4.69, 9.17) is 0 Å². The van der Waals surface area contributed by atoms with E-state index in [1.54, 1.807) is 6.07 Å². The van der Waals surface area contributed by atoms with Crippen LogP contribution in [-0.2, 0) is 0 Å². The normalized spacial score (nSPS) is 11.3. The molecule has 5 heteroatoms. The molecule has 2 aromatic carbocycles. The molecule has 0 unspecified atom stereocenters. The fourth-order valence-electron chi connectivity index (χ4n) is 1.49. The van der Waals surface area contributed by atoms with Crippen LogP contribution in [0.1, 0.15) is 0 Å². The quantitative estimate of drug-likeness (QED) is 0.731. The van der Waals surface area contributed by atoms with E-state index in [1.165, 1.54) is 30.3 Å². The van der Waals surface area contributed by atoms with Gasteiger partial charge in [0.2, 0.25) is 0 Å². The number of para-hydroxylation sites is 1. The first-order valence-corrected chi connectivity index (χ1v) is 4.98. The largest absolute Gasteiger partial charge is 0.573 e. The van der Waals surface area contributed by atoms with Gasteiger partial charge in [0, 0.05) is 11.6 Å². The topological polar surface area (TPSA) is 9.23 Å². The molecule has 0 saturated carbocycles. The van der Waals surface area contributed by atoms with Crippen molar-refractivity contribution in [3.8, 4) is 16.9 Å². The number of halogens is 4. The molecule has 2 aromatic rings.